The van der Waals surface area contributed by atoms with Crippen LogP contribution in [0.25, 0.3) is 5.69 Å². The maximum absolute atomic E-state index is 12.5. The van der Waals surface area contributed by atoms with Gasteiger partial charge in [0.15, 0.2) is 0 Å². The molecule has 4 nitrogen and oxygen atoms in total. The van der Waals surface area contributed by atoms with E-state index in [1.54, 1.807) is 10.9 Å². The van der Waals surface area contributed by atoms with Gasteiger partial charge in [-0.05, 0) is 49.7 Å². The van der Waals surface area contributed by atoms with E-state index in [-0.39, 0.29) is 5.91 Å². The molecule has 0 aliphatic rings. The molecule has 0 aliphatic heterocycles. The largest absolute Gasteiger partial charge is 0.322 e. The number of halogens is 1. The number of rotatable bonds is 3. The zero-order valence-corrected chi connectivity index (χ0v) is 14.5. The third-order valence-corrected chi connectivity index (χ3v) is 4.23. The van der Waals surface area contributed by atoms with Crippen molar-refractivity contribution in [1.29, 1.82) is 0 Å². The summed E-state index contributed by atoms with van der Waals surface area (Å²) < 4.78 is 2.77. The maximum atomic E-state index is 12.5. The fraction of sp³-hybridized carbons (Fsp3) is 0.111. The van der Waals surface area contributed by atoms with Crippen LogP contribution in [0.5, 0.6) is 0 Å². The van der Waals surface area contributed by atoms with Crippen molar-refractivity contribution < 1.29 is 4.79 Å². The number of para-hydroxylation sites is 1. The molecule has 1 amide bonds. The first-order valence-corrected chi connectivity index (χ1v) is 8.03. The van der Waals surface area contributed by atoms with E-state index < -0.39 is 0 Å². The summed E-state index contributed by atoms with van der Waals surface area (Å²) in [6.45, 7) is 3.92. The molecular formula is C18H16BrN3O. The highest BCUT2D eigenvalue weighted by Crippen LogP contribution is 2.19. The molecule has 116 valence electrons. The Kier molecular flexibility index (Phi) is 4.30. The molecule has 3 rings (SSSR count). The van der Waals surface area contributed by atoms with Gasteiger partial charge in [0, 0.05) is 10.2 Å². The maximum Gasteiger partial charge on any atom is 0.259 e. The molecule has 0 atom stereocenters. The third kappa shape index (κ3) is 3.19. The van der Waals surface area contributed by atoms with Gasteiger partial charge in [-0.2, -0.15) is 5.10 Å². The lowest BCUT2D eigenvalue weighted by Gasteiger charge is -2.09. The summed E-state index contributed by atoms with van der Waals surface area (Å²) in [6.07, 6.45) is 1.61. The van der Waals surface area contributed by atoms with Crippen molar-refractivity contribution >= 4 is 27.5 Å². The summed E-state index contributed by atoms with van der Waals surface area (Å²) >= 11 is 3.38. The van der Waals surface area contributed by atoms with Crippen molar-refractivity contribution in [2.24, 2.45) is 0 Å². The molecule has 0 saturated heterocycles. The molecule has 3 aromatic rings. The van der Waals surface area contributed by atoms with Gasteiger partial charge in [-0.3, -0.25) is 4.79 Å². The van der Waals surface area contributed by atoms with E-state index in [4.69, 9.17) is 0 Å². The Morgan fingerprint density at radius 3 is 2.48 bits per heavy atom. The SMILES string of the molecule is Cc1ccccc1-n1ncc(C(=O)Nc2ccc(Br)cc2)c1C. The molecule has 1 heterocycles. The van der Waals surface area contributed by atoms with E-state index >= 15 is 0 Å². The zero-order valence-electron chi connectivity index (χ0n) is 12.9. The van der Waals surface area contributed by atoms with Crippen LogP contribution in [0, 0.1) is 13.8 Å². The molecule has 0 bridgehead atoms. The molecule has 0 radical (unpaired) electrons. The minimum atomic E-state index is -0.162. The van der Waals surface area contributed by atoms with Gasteiger partial charge in [0.05, 0.1) is 23.1 Å². The summed E-state index contributed by atoms with van der Waals surface area (Å²) in [5, 5.41) is 7.26. The van der Waals surface area contributed by atoms with Gasteiger partial charge in [-0.25, -0.2) is 4.68 Å². The summed E-state index contributed by atoms with van der Waals surface area (Å²) in [4.78, 5) is 12.5. The van der Waals surface area contributed by atoms with Crippen molar-refractivity contribution in [3.05, 3.63) is 76.0 Å². The number of nitrogens with one attached hydrogen (secondary N) is 1. The number of carbonyl (C=O) groups is 1. The highest BCUT2D eigenvalue weighted by atomic mass is 79.9. The van der Waals surface area contributed by atoms with Gasteiger partial charge in [0.2, 0.25) is 0 Å². The normalized spacial score (nSPS) is 10.6. The lowest BCUT2D eigenvalue weighted by atomic mass is 10.2. The standard InChI is InChI=1S/C18H16BrN3O/c1-12-5-3-4-6-17(12)22-13(2)16(11-20-22)18(23)21-15-9-7-14(19)8-10-15/h3-11H,1-2H3,(H,21,23). The topological polar surface area (TPSA) is 46.9 Å². The third-order valence-electron chi connectivity index (χ3n) is 3.70. The number of aromatic nitrogens is 2. The molecule has 2 aromatic carbocycles. The molecule has 0 fully saturated rings. The summed E-state index contributed by atoms with van der Waals surface area (Å²) in [5.41, 5.74) is 4.22. The van der Waals surface area contributed by atoms with E-state index in [9.17, 15) is 4.79 Å². The molecule has 0 unspecified atom stereocenters. The smallest absolute Gasteiger partial charge is 0.259 e. The molecule has 5 heteroatoms. The average Bonchev–Trinajstić information content (AvgIpc) is 2.92. The van der Waals surface area contributed by atoms with Gasteiger partial charge in [0.25, 0.3) is 5.91 Å². The number of carbonyl (C=O) groups excluding carboxylic acids is 1. The minimum Gasteiger partial charge on any atom is -0.322 e. The van der Waals surface area contributed by atoms with E-state index in [2.05, 4.69) is 26.3 Å². The van der Waals surface area contributed by atoms with Gasteiger partial charge in [0.1, 0.15) is 0 Å². The molecule has 0 saturated carbocycles. The Hall–Kier alpha value is -2.40. The number of amides is 1. The summed E-state index contributed by atoms with van der Waals surface area (Å²) in [6, 6.07) is 15.4. The van der Waals surface area contributed by atoms with Crippen LogP contribution < -0.4 is 5.32 Å². The molecule has 1 N–H and O–H groups in total. The van der Waals surface area contributed by atoms with Crippen LogP contribution in [-0.4, -0.2) is 15.7 Å². The van der Waals surface area contributed by atoms with Crippen LogP contribution in [0.4, 0.5) is 5.69 Å². The second kappa shape index (κ2) is 6.38. The van der Waals surface area contributed by atoms with Crippen LogP contribution in [0.1, 0.15) is 21.6 Å². The van der Waals surface area contributed by atoms with Crippen LogP contribution in [0.2, 0.25) is 0 Å². The molecule has 1 aromatic heterocycles. The summed E-state index contributed by atoms with van der Waals surface area (Å²) in [7, 11) is 0. The second-order valence-corrected chi connectivity index (χ2v) is 6.22. The Morgan fingerprint density at radius 1 is 1.09 bits per heavy atom. The van der Waals surface area contributed by atoms with Gasteiger partial charge < -0.3 is 5.32 Å². The van der Waals surface area contributed by atoms with Crippen molar-refractivity contribution in [1.82, 2.24) is 9.78 Å². The minimum absolute atomic E-state index is 0.162. The molecular weight excluding hydrogens is 354 g/mol. The van der Waals surface area contributed by atoms with Crippen LogP contribution in [0.15, 0.2) is 59.2 Å². The first kappa shape index (κ1) is 15.5. The predicted molar refractivity (Wildman–Crippen MR) is 95.1 cm³/mol. The van der Waals surface area contributed by atoms with Crippen molar-refractivity contribution in [2.45, 2.75) is 13.8 Å². The van der Waals surface area contributed by atoms with E-state index in [0.29, 0.717) is 5.56 Å². The molecule has 0 spiro atoms. The van der Waals surface area contributed by atoms with Crippen LogP contribution in [0.3, 0.4) is 0 Å². The average molecular weight is 370 g/mol. The lowest BCUT2D eigenvalue weighted by molar-refractivity contribution is 0.102. The predicted octanol–water partition coefficient (Wildman–Crippen LogP) is 4.50. The Labute approximate surface area is 143 Å². The Balaban J connectivity index is 1.88. The number of hydrogen-bond acceptors (Lipinski definition) is 2. The van der Waals surface area contributed by atoms with Crippen molar-refractivity contribution in [3.8, 4) is 5.69 Å². The van der Waals surface area contributed by atoms with E-state index in [0.717, 1.165) is 27.1 Å². The monoisotopic (exact) mass is 369 g/mol. The lowest BCUT2D eigenvalue weighted by Crippen LogP contribution is -2.13. The van der Waals surface area contributed by atoms with Crippen LogP contribution >= 0.6 is 15.9 Å². The van der Waals surface area contributed by atoms with Crippen molar-refractivity contribution in [3.63, 3.8) is 0 Å². The Morgan fingerprint density at radius 2 is 1.78 bits per heavy atom. The van der Waals surface area contributed by atoms with Gasteiger partial charge >= 0.3 is 0 Å². The number of nitrogens with zero attached hydrogens (tertiary/aromatic N) is 2. The highest BCUT2D eigenvalue weighted by Gasteiger charge is 2.16. The molecule has 23 heavy (non-hydrogen) atoms. The fourth-order valence-corrected chi connectivity index (χ4v) is 2.67. The highest BCUT2D eigenvalue weighted by molar-refractivity contribution is 9.10. The number of hydrogen-bond donors (Lipinski definition) is 1. The zero-order chi connectivity index (χ0) is 16.4. The fourth-order valence-electron chi connectivity index (χ4n) is 2.41. The van der Waals surface area contributed by atoms with Crippen molar-refractivity contribution in [2.75, 3.05) is 5.32 Å². The van der Waals surface area contributed by atoms with Gasteiger partial charge in [-0.15, -0.1) is 0 Å². The number of anilines is 1. The number of benzene rings is 2. The van der Waals surface area contributed by atoms with Gasteiger partial charge in [-0.1, -0.05) is 34.1 Å². The van der Waals surface area contributed by atoms with E-state index in [1.807, 2.05) is 62.4 Å². The van der Waals surface area contributed by atoms with Crippen LogP contribution in [-0.2, 0) is 0 Å². The number of aryl methyl sites for hydroxylation is 1. The Bertz CT molecular complexity index is 853. The first-order chi connectivity index (χ1) is 11.1. The summed E-state index contributed by atoms with van der Waals surface area (Å²) in [5.74, 6) is -0.162. The first-order valence-electron chi connectivity index (χ1n) is 7.24. The molecule has 0 aliphatic carbocycles. The van der Waals surface area contributed by atoms with E-state index in [1.165, 1.54) is 0 Å². The second-order valence-electron chi connectivity index (χ2n) is 5.30. The quantitative estimate of drug-likeness (QED) is 0.738.